The van der Waals surface area contributed by atoms with Gasteiger partial charge in [0.2, 0.25) is 0 Å². The Morgan fingerprint density at radius 2 is 1.22 bits per heavy atom. The fraction of sp³-hybridized carbons (Fsp3) is 0.429. The molecule has 1 aliphatic heterocycles. The van der Waals surface area contributed by atoms with E-state index < -0.39 is 0 Å². The molecule has 0 aliphatic carbocycles. The Bertz CT molecular complexity index is 607. The number of rotatable bonds is 6. The highest BCUT2D eigenvalue weighted by Crippen LogP contribution is 2.53. The van der Waals surface area contributed by atoms with Crippen LogP contribution < -0.4 is 5.06 Å². The SMILES string of the molecule is CCCCC1(CCCC)c2ccccc2N([O])c2ccccc21. The standard InChI is InChI=1S/C21H26NO/c1-3-5-15-21(16-6-4-2)17-11-7-9-13-19(17)22(23)20-14-10-8-12-18(20)21/h7-14H,3-6,15-16H2,1-2H3. The summed E-state index contributed by atoms with van der Waals surface area (Å²) in [6.45, 7) is 4.49. The van der Waals surface area contributed by atoms with Gasteiger partial charge in [-0.3, -0.25) is 0 Å². The van der Waals surface area contributed by atoms with Gasteiger partial charge in [0.15, 0.2) is 0 Å². The van der Waals surface area contributed by atoms with Gasteiger partial charge in [-0.1, -0.05) is 81.1 Å². The maximum atomic E-state index is 12.9. The molecular formula is C21H26NO. The lowest BCUT2D eigenvalue weighted by molar-refractivity contribution is 0.188. The van der Waals surface area contributed by atoms with Crippen LogP contribution in [0.25, 0.3) is 0 Å². The number of hydrogen-bond acceptors (Lipinski definition) is 1. The molecule has 3 rings (SSSR count). The molecule has 0 spiro atoms. The van der Waals surface area contributed by atoms with E-state index in [9.17, 15) is 5.21 Å². The Hall–Kier alpha value is -1.80. The van der Waals surface area contributed by atoms with Crippen molar-refractivity contribution >= 4 is 11.4 Å². The van der Waals surface area contributed by atoms with E-state index in [2.05, 4.69) is 38.1 Å². The molecule has 0 amide bonds. The van der Waals surface area contributed by atoms with Gasteiger partial charge < -0.3 is 0 Å². The van der Waals surface area contributed by atoms with Crippen molar-refractivity contribution < 1.29 is 5.21 Å². The number of anilines is 2. The fourth-order valence-corrected chi connectivity index (χ4v) is 4.01. The quantitative estimate of drug-likeness (QED) is 0.627. The molecule has 2 aromatic rings. The lowest BCUT2D eigenvalue weighted by Gasteiger charge is -2.43. The highest BCUT2D eigenvalue weighted by molar-refractivity contribution is 5.76. The van der Waals surface area contributed by atoms with E-state index >= 15 is 0 Å². The van der Waals surface area contributed by atoms with Gasteiger partial charge in [0.1, 0.15) is 0 Å². The zero-order chi connectivity index (χ0) is 16.3. The van der Waals surface area contributed by atoms with Crippen LogP contribution in [0.4, 0.5) is 11.4 Å². The largest absolute Gasteiger partial charge is 0.188 e. The van der Waals surface area contributed by atoms with Crippen LogP contribution in [0.2, 0.25) is 0 Å². The molecule has 0 unspecified atom stereocenters. The topological polar surface area (TPSA) is 23.1 Å². The number of fused-ring (bicyclic) bond motifs is 2. The molecule has 121 valence electrons. The van der Waals surface area contributed by atoms with Crippen LogP contribution in [0.3, 0.4) is 0 Å². The summed E-state index contributed by atoms with van der Waals surface area (Å²) in [5.74, 6) is 0. The van der Waals surface area contributed by atoms with Gasteiger partial charge in [0.05, 0.1) is 11.4 Å². The molecule has 1 heterocycles. The van der Waals surface area contributed by atoms with Crippen LogP contribution in [0.5, 0.6) is 0 Å². The average Bonchev–Trinajstić information content (AvgIpc) is 2.61. The third kappa shape index (κ3) is 2.66. The second kappa shape index (κ2) is 6.76. The first-order valence-electron chi connectivity index (χ1n) is 8.91. The summed E-state index contributed by atoms with van der Waals surface area (Å²) in [7, 11) is 0. The number of nitrogens with zero attached hydrogens (tertiary/aromatic N) is 1. The minimum atomic E-state index is -0.0138. The van der Waals surface area contributed by atoms with Gasteiger partial charge in [-0.15, -0.1) is 0 Å². The molecule has 2 aromatic carbocycles. The van der Waals surface area contributed by atoms with E-state index in [0.717, 1.165) is 29.3 Å². The third-order valence-corrected chi connectivity index (χ3v) is 5.19. The summed E-state index contributed by atoms with van der Waals surface area (Å²) < 4.78 is 0. The van der Waals surface area contributed by atoms with Crippen LogP contribution in [0.15, 0.2) is 48.5 Å². The highest BCUT2D eigenvalue weighted by Gasteiger charge is 2.42. The zero-order valence-electron chi connectivity index (χ0n) is 14.2. The summed E-state index contributed by atoms with van der Waals surface area (Å²) in [5.41, 5.74) is 4.09. The first-order valence-corrected chi connectivity index (χ1v) is 8.91. The molecule has 0 saturated carbocycles. The van der Waals surface area contributed by atoms with E-state index in [1.54, 1.807) is 0 Å². The molecule has 0 atom stereocenters. The molecule has 0 bridgehead atoms. The molecule has 2 nitrogen and oxygen atoms in total. The summed E-state index contributed by atoms with van der Waals surface area (Å²) in [6.07, 6.45) is 6.96. The van der Waals surface area contributed by atoms with Crippen molar-refractivity contribution in [3.05, 3.63) is 59.7 Å². The molecule has 0 saturated heterocycles. The zero-order valence-corrected chi connectivity index (χ0v) is 14.2. The Balaban J connectivity index is 2.21. The summed E-state index contributed by atoms with van der Waals surface area (Å²) in [5, 5.41) is 14.0. The highest BCUT2D eigenvalue weighted by atomic mass is 16.5. The first kappa shape index (κ1) is 16.1. The van der Waals surface area contributed by atoms with Crippen LogP contribution >= 0.6 is 0 Å². The molecule has 1 aliphatic rings. The normalized spacial score (nSPS) is 15.2. The van der Waals surface area contributed by atoms with Crippen molar-refractivity contribution in [1.82, 2.24) is 0 Å². The average molecular weight is 308 g/mol. The monoisotopic (exact) mass is 308 g/mol. The van der Waals surface area contributed by atoms with Gasteiger partial charge in [0.25, 0.3) is 0 Å². The fourth-order valence-electron chi connectivity index (χ4n) is 4.01. The van der Waals surface area contributed by atoms with Gasteiger partial charge >= 0.3 is 0 Å². The van der Waals surface area contributed by atoms with E-state index in [4.69, 9.17) is 0 Å². The Labute approximate surface area is 139 Å². The van der Waals surface area contributed by atoms with Crippen LogP contribution in [0.1, 0.15) is 63.5 Å². The Morgan fingerprint density at radius 1 is 0.783 bits per heavy atom. The third-order valence-electron chi connectivity index (χ3n) is 5.19. The van der Waals surface area contributed by atoms with Gasteiger partial charge in [-0.25, -0.2) is 0 Å². The van der Waals surface area contributed by atoms with Crippen molar-refractivity contribution in [3.8, 4) is 0 Å². The van der Waals surface area contributed by atoms with Gasteiger partial charge in [0, 0.05) is 5.41 Å². The van der Waals surface area contributed by atoms with Crippen molar-refractivity contribution in [2.45, 2.75) is 57.8 Å². The van der Waals surface area contributed by atoms with E-state index in [1.807, 2.05) is 24.3 Å². The molecule has 1 radical (unpaired) electrons. The van der Waals surface area contributed by atoms with Gasteiger partial charge in [-0.2, -0.15) is 5.06 Å². The van der Waals surface area contributed by atoms with Crippen LogP contribution in [0, 0.1) is 0 Å². The molecule has 2 heteroatoms. The molecule has 0 N–H and O–H groups in total. The van der Waals surface area contributed by atoms with Gasteiger partial charge in [-0.05, 0) is 36.1 Å². The number of unbranched alkanes of at least 4 members (excludes halogenated alkanes) is 2. The minimum absolute atomic E-state index is 0.0138. The molecule has 0 fully saturated rings. The first-order chi connectivity index (χ1) is 11.2. The number of para-hydroxylation sites is 2. The Morgan fingerprint density at radius 3 is 1.65 bits per heavy atom. The van der Waals surface area contributed by atoms with Crippen molar-refractivity contribution in [2.24, 2.45) is 0 Å². The van der Waals surface area contributed by atoms with Crippen LogP contribution in [-0.2, 0) is 10.6 Å². The predicted molar refractivity (Wildman–Crippen MR) is 95.5 cm³/mol. The summed E-state index contributed by atoms with van der Waals surface area (Å²) in [4.78, 5) is 0. The number of hydrogen-bond donors (Lipinski definition) is 0. The second-order valence-corrected chi connectivity index (χ2v) is 6.62. The van der Waals surface area contributed by atoms with E-state index in [0.29, 0.717) is 0 Å². The van der Waals surface area contributed by atoms with E-state index in [1.165, 1.54) is 36.8 Å². The minimum Gasteiger partial charge on any atom is -0.188 e. The summed E-state index contributed by atoms with van der Waals surface area (Å²) >= 11 is 0. The van der Waals surface area contributed by atoms with Crippen molar-refractivity contribution in [1.29, 1.82) is 0 Å². The maximum absolute atomic E-state index is 12.9. The molecule has 0 aromatic heterocycles. The molecular weight excluding hydrogens is 282 g/mol. The lowest BCUT2D eigenvalue weighted by atomic mass is 9.65. The Kier molecular flexibility index (Phi) is 4.72. The lowest BCUT2D eigenvalue weighted by Crippen LogP contribution is -2.35. The summed E-state index contributed by atoms with van der Waals surface area (Å²) in [6, 6.07) is 16.4. The van der Waals surface area contributed by atoms with Crippen LogP contribution in [-0.4, -0.2) is 0 Å². The van der Waals surface area contributed by atoms with Crippen molar-refractivity contribution in [3.63, 3.8) is 0 Å². The smallest absolute Gasteiger partial charge is 0.0767 e. The number of benzene rings is 2. The molecule has 23 heavy (non-hydrogen) atoms. The van der Waals surface area contributed by atoms with E-state index in [-0.39, 0.29) is 5.41 Å². The second-order valence-electron chi connectivity index (χ2n) is 6.62. The maximum Gasteiger partial charge on any atom is 0.0767 e. The predicted octanol–water partition coefficient (Wildman–Crippen LogP) is 6.15. The van der Waals surface area contributed by atoms with Crippen molar-refractivity contribution in [2.75, 3.05) is 5.06 Å².